The Kier molecular flexibility index (Phi) is 4.33. The first-order valence-corrected chi connectivity index (χ1v) is 6.51. The number of hydrogen-bond donors (Lipinski definition) is 1. The second-order valence-corrected chi connectivity index (χ2v) is 4.93. The van der Waals surface area contributed by atoms with E-state index in [1.54, 1.807) is 13.1 Å². The van der Waals surface area contributed by atoms with Crippen LogP contribution in [-0.2, 0) is 0 Å². The Morgan fingerprint density at radius 1 is 1.50 bits per heavy atom. The Morgan fingerprint density at radius 3 is 2.80 bits per heavy atom. The monoisotopic (exact) mass is 330 g/mol. The Morgan fingerprint density at radius 2 is 2.20 bits per heavy atom. The summed E-state index contributed by atoms with van der Waals surface area (Å²) in [4.78, 5) is 4.00. The smallest absolute Gasteiger partial charge is 0.252 e. The molecule has 100 valence electrons. The fraction of sp³-hybridized carbons (Fsp3) is 0.0714. The number of hydrazone groups is 1. The van der Waals surface area contributed by atoms with E-state index in [2.05, 4.69) is 38.0 Å². The number of oxazole rings is 1. The molecule has 0 bridgehead atoms. The van der Waals surface area contributed by atoms with Crippen molar-refractivity contribution in [2.24, 2.45) is 5.10 Å². The maximum atomic E-state index is 8.96. The minimum absolute atomic E-state index is 0.149. The fourth-order valence-corrected chi connectivity index (χ4v) is 1.63. The molecular formula is C14H11BrN4O. The van der Waals surface area contributed by atoms with Crippen LogP contribution in [0, 0.1) is 11.3 Å². The topological polar surface area (TPSA) is 74.2 Å². The van der Waals surface area contributed by atoms with Gasteiger partial charge in [-0.2, -0.15) is 15.3 Å². The lowest BCUT2D eigenvalue weighted by Gasteiger charge is -1.95. The Hall–Kier alpha value is -2.39. The minimum Gasteiger partial charge on any atom is -0.418 e. The molecule has 1 N–H and O–H groups in total. The molecule has 0 radical (unpaired) electrons. The average molecular weight is 331 g/mol. The highest BCUT2D eigenvalue weighted by Crippen LogP contribution is 2.20. The first-order chi connectivity index (χ1) is 9.60. The van der Waals surface area contributed by atoms with Crippen molar-refractivity contribution in [1.29, 1.82) is 5.26 Å². The third kappa shape index (κ3) is 3.33. The highest BCUT2D eigenvalue weighted by atomic mass is 79.9. The number of nitrogens with one attached hydrogen (secondary N) is 1. The van der Waals surface area contributed by atoms with E-state index in [-0.39, 0.29) is 11.6 Å². The van der Waals surface area contributed by atoms with Gasteiger partial charge in [-0.25, -0.2) is 5.43 Å². The van der Waals surface area contributed by atoms with Gasteiger partial charge in [0.1, 0.15) is 6.07 Å². The average Bonchev–Trinajstić information content (AvgIpc) is 2.84. The van der Waals surface area contributed by atoms with Crippen LogP contribution in [0.1, 0.15) is 24.1 Å². The fourth-order valence-electron chi connectivity index (χ4n) is 1.37. The molecule has 1 aromatic heterocycles. The van der Waals surface area contributed by atoms with E-state index in [9.17, 15) is 0 Å². The van der Waals surface area contributed by atoms with Crippen molar-refractivity contribution in [1.82, 2.24) is 4.98 Å². The maximum absolute atomic E-state index is 8.96. The lowest BCUT2D eigenvalue weighted by molar-refractivity contribution is 0.554. The van der Waals surface area contributed by atoms with E-state index in [0.717, 1.165) is 10.0 Å². The van der Waals surface area contributed by atoms with E-state index >= 15 is 0 Å². The van der Waals surface area contributed by atoms with Crippen LogP contribution < -0.4 is 5.43 Å². The molecule has 20 heavy (non-hydrogen) atoms. The van der Waals surface area contributed by atoms with Crippen LogP contribution in [0.4, 0.5) is 5.88 Å². The zero-order valence-corrected chi connectivity index (χ0v) is 12.3. The van der Waals surface area contributed by atoms with Gasteiger partial charge >= 0.3 is 0 Å². The van der Waals surface area contributed by atoms with E-state index in [1.165, 1.54) is 0 Å². The summed E-state index contributed by atoms with van der Waals surface area (Å²) >= 11 is 3.36. The zero-order chi connectivity index (χ0) is 14.5. The summed E-state index contributed by atoms with van der Waals surface area (Å²) in [6.07, 6.45) is 1.62. The molecule has 6 heteroatoms. The van der Waals surface area contributed by atoms with Crippen LogP contribution in [0.3, 0.4) is 0 Å². The molecule has 1 heterocycles. The molecule has 0 spiro atoms. The first-order valence-electron chi connectivity index (χ1n) is 5.71. The highest BCUT2D eigenvalue weighted by molar-refractivity contribution is 9.10. The van der Waals surface area contributed by atoms with Crippen LogP contribution in [0.2, 0.25) is 0 Å². The quantitative estimate of drug-likeness (QED) is 0.683. The summed E-state index contributed by atoms with van der Waals surface area (Å²) < 4.78 is 6.35. The van der Waals surface area contributed by atoms with Crippen LogP contribution >= 0.6 is 15.9 Å². The minimum atomic E-state index is 0.149. The summed E-state index contributed by atoms with van der Waals surface area (Å²) in [7, 11) is 0. The standard InChI is InChI=1S/C14H11BrN4O/c1-9(2)13-18-12(7-16)14(20-13)19-17-8-10-3-5-11(15)6-4-10/h3-6,8,19H,1H2,2H3. The van der Waals surface area contributed by atoms with Crippen molar-refractivity contribution in [3.63, 3.8) is 0 Å². The van der Waals surface area contributed by atoms with E-state index in [1.807, 2.05) is 30.3 Å². The molecule has 2 rings (SSSR count). The normalized spacial score (nSPS) is 10.4. The molecule has 0 fully saturated rings. The Balaban J connectivity index is 2.12. The molecule has 0 saturated heterocycles. The molecule has 0 atom stereocenters. The summed E-state index contributed by atoms with van der Waals surface area (Å²) in [5, 5.41) is 13.0. The number of halogens is 1. The van der Waals surface area contributed by atoms with Crippen molar-refractivity contribution in [3.05, 3.63) is 52.5 Å². The predicted molar refractivity (Wildman–Crippen MR) is 81.3 cm³/mol. The molecule has 0 unspecified atom stereocenters. The summed E-state index contributed by atoms with van der Waals surface area (Å²) in [5.41, 5.74) is 4.38. The molecule has 0 aliphatic heterocycles. The van der Waals surface area contributed by atoms with Crippen molar-refractivity contribution in [3.8, 4) is 6.07 Å². The van der Waals surface area contributed by atoms with Gasteiger partial charge in [-0.3, -0.25) is 0 Å². The van der Waals surface area contributed by atoms with E-state index < -0.39 is 0 Å². The molecule has 0 aliphatic rings. The summed E-state index contributed by atoms with van der Waals surface area (Å²) in [6, 6.07) is 9.57. The first kappa shape index (κ1) is 14.0. The van der Waals surface area contributed by atoms with Gasteiger partial charge in [-0.1, -0.05) is 34.6 Å². The van der Waals surface area contributed by atoms with E-state index in [4.69, 9.17) is 9.68 Å². The van der Waals surface area contributed by atoms with Crippen molar-refractivity contribution >= 4 is 33.6 Å². The highest BCUT2D eigenvalue weighted by Gasteiger charge is 2.12. The second kappa shape index (κ2) is 6.17. The van der Waals surface area contributed by atoms with Crippen LogP contribution in [0.5, 0.6) is 0 Å². The van der Waals surface area contributed by atoms with Gasteiger partial charge in [0.15, 0.2) is 0 Å². The number of anilines is 1. The van der Waals surface area contributed by atoms with Crippen molar-refractivity contribution < 1.29 is 4.42 Å². The molecule has 0 aliphatic carbocycles. The van der Waals surface area contributed by atoms with Crippen molar-refractivity contribution in [2.45, 2.75) is 6.92 Å². The molecular weight excluding hydrogens is 320 g/mol. The van der Waals surface area contributed by atoms with Gasteiger partial charge in [0.25, 0.3) is 5.88 Å². The number of hydrogen-bond acceptors (Lipinski definition) is 5. The van der Waals surface area contributed by atoms with Crippen LogP contribution in [0.15, 0.2) is 44.8 Å². The third-order valence-corrected chi connectivity index (χ3v) is 2.88. The van der Waals surface area contributed by atoms with Gasteiger partial charge in [0, 0.05) is 10.0 Å². The zero-order valence-electron chi connectivity index (χ0n) is 10.7. The molecule has 2 aromatic rings. The number of allylic oxidation sites excluding steroid dienone is 1. The van der Waals surface area contributed by atoms with Gasteiger partial charge in [-0.05, 0) is 24.6 Å². The van der Waals surface area contributed by atoms with Crippen LogP contribution in [-0.4, -0.2) is 11.2 Å². The van der Waals surface area contributed by atoms with Gasteiger partial charge in [-0.15, -0.1) is 0 Å². The third-order valence-electron chi connectivity index (χ3n) is 2.35. The largest absolute Gasteiger partial charge is 0.418 e. The van der Waals surface area contributed by atoms with Crippen LogP contribution in [0.25, 0.3) is 5.57 Å². The summed E-state index contributed by atoms with van der Waals surface area (Å²) in [5.74, 6) is 0.529. The maximum Gasteiger partial charge on any atom is 0.252 e. The van der Waals surface area contributed by atoms with Gasteiger partial charge in [0.05, 0.1) is 6.21 Å². The van der Waals surface area contributed by atoms with Gasteiger partial charge < -0.3 is 4.42 Å². The lowest BCUT2D eigenvalue weighted by atomic mass is 10.2. The Bertz CT molecular complexity index is 695. The predicted octanol–water partition coefficient (Wildman–Crippen LogP) is 3.79. The van der Waals surface area contributed by atoms with E-state index in [0.29, 0.717) is 11.5 Å². The molecule has 1 aromatic carbocycles. The lowest BCUT2D eigenvalue weighted by Crippen LogP contribution is -1.91. The number of nitriles is 1. The number of aromatic nitrogens is 1. The Labute approximate surface area is 124 Å². The molecule has 0 saturated carbocycles. The van der Waals surface area contributed by atoms with Crippen molar-refractivity contribution in [2.75, 3.05) is 5.43 Å². The number of nitrogens with zero attached hydrogens (tertiary/aromatic N) is 3. The number of rotatable bonds is 4. The SMILES string of the molecule is C=C(C)c1nc(C#N)c(NN=Cc2ccc(Br)cc2)o1. The molecule has 0 amide bonds. The second-order valence-electron chi connectivity index (χ2n) is 4.01. The molecule has 5 nitrogen and oxygen atoms in total. The number of benzene rings is 1. The summed E-state index contributed by atoms with van der Waals surface area (Å²) in [6.45, 7) is 5.47. The van der Waals surface area contributed by atoms with Gasteiger partial charge in [0.2, 0.25) is 11.6 Å².